The lowest BCUT2D eigenvalue weighted by atomic mass is 9.91. The van der Waals surface area contributed by atoms with Crippen LogP contribution in [0.25, 0.3) is 32.8 Å². The Labute approximate surface area is 264 Å². The minimum Gasteiger partial charge on any atom is -0.508 e. The van der Waals surface area contributed by atoms with Gasteiger partial charge in [0.15, 0.2) is 5.82 Å². The number of aromatic hydroxyl groups is 1. The second kappa shape index (κ2) is 10.9. The van der Waals surface area contributed by atoms with Crippen molar-refractivity contribution in [2.45, 2.75) is 69.2 Å². The summed E-state index contributed by atoms with van der Waals surface area (Å²) in [5.74, 6) is -0.648. The summed E-state index contributed by atoms with van der Waals surface area (Å²) in [5.41, 5.74) is 0.335. The molecule has 0 spiro atoms. The minimum absolute atomic E-state index is 0.0272. The number of alkyl halides is 1. The number of nitrogens with zero attached hydrogens (tertiary/aromatic N) is 4. The molecule has 5 saturated heterocycles. The zero-order chi connectivity index (χ0) is 31.0. The molecule has 4 atom stereocenters. The van der Waals surface area contributed by atoms with Crippen LogP contribution in [-0.4, -0.2) is 76.6 Å². The van der Waals surface area contributed by atoms with Crippen molar-refractivity contribution in [1.82, 2.24) is 20.2 Å². The fourth-order valence-corrected chi connectivity index (χ4v) is 8.64. The number of ether oxygens (including phenoxy) is 1. The zero-order valence-electron chi connectivity index (χ0n) is 25.1. The second-order valence-electron chi connectivity index (χ2n) is 13.1. The van der Waals surface area contributed by atoms with Crippen molar-refractivity contribution in [2.75, 3.05) is 37.7 Å². The Morgan fingerprint density at radius 2 is 2.02 bits per heavy atom. The molecule has 0 saturated carbocycles. The van der Waals surface area contributed by atoms with Crippen LogP contribution in [0.1, 0.15) is 44.6 Å². The summed E-state index contributed by atoms with van der Waals surface area (Å²) in [7, 11) is 0. The van der Waals surface area contributed by atoms with Crippen LogP contribution < -0.4 is 15.0 Å². The number of piperidine rings is 2. The molecule has 0 amide bonds. The number of rotatable bonds is 6. The highest BCUT2D eigenvalue weighted by Crippen LogP contribution is 2.45. The average Bonchev–Trinajstić information content (AvgIpc) is 3.56. The van der Waals surface area contributed by atoms with Crippen molar-refractivity contribution >= 4 is 39.1 Å². The van der Waals surface area contributed by atoms with E-state index in [0.717, 1.165) is 38.8 Å². The Hall–Kier alpha value is -3.34. The van der Waals surface area contributed by atoms with Gasteiger partial charge in [0.25, 0.3) is 0 Å². The first-order valence-electron chi connectivity index (χ1n) is 15.9. The quantitative estimate of drug-likeness (QED) is 0.249. The van der Waals surface area contributed by atoms with Crippen molar-refractivity contribution in [1.29, 1.82) is 0 Å². The maximum atomic E-state index is 17.0. The number of hydrogen-bond donors (Lipinski definition) is 2. The molecule has 5 aliphatic rings. The van der Waals surface area contributed by atoms with E-state index in [1.165, 1.54) is 18.2 Å². The first kappa shape index (κ1) is 29.1. The van der Waals surface area contributed by atoms with Crippen molar-refractivity contribution in [3.63, 3.8) is 0 Å². The van der Waals surface area contributed by atoms with Crippen molar-refractivity contribution < 1.29 is 23.0 Å². The van der Waals surface area contributed by atoms with E-state index >= 15 is 8.78 Å². The first-order valence-corrected chi connectivity index (χ1v) is 16.3. The van der Waals surface area contributed by atoms with Crippen molar-refractivity contribution in [2.24, 2.45) is 0 Å². The Morgan fingerprint density at radius 1 is 1.16 bits per heavy atom. The van der Waals surface area contributed by atoms with E-state index in [-0.39, 0.29) is 52.1 Å². The molecular formula is C34H35ClF3N5O2. The smallest absolute Gasteiger partial charge is 0.319 e. The van der Waals surface area contributed by atoms with Crippen LogP contribution in [-0.2, 0) is 6.42 Å². The number of nitrogens with one attached hydrogen (secondary N) is 1. The van der Waals surface area contributed by atoms with Gasteiger partial charge < -0.3 is 20.1 Å². The fourth-order valence-electron chi connectivity index (χ4n) is 8.35. The van der Waals surface area contributed by atoms with Gasteiger partial charge in [0, 0.05) is 49.1 Å². The molecule has 11 heteroatoms. The molecule has 2 N–H and O–H groups in total. The standard InChI is InChI=1S/C34H35ClF3N5O2/c1-2-23-27(37)7-4-18-10-22(44)11-24(28(18)23)29-26(35)12-25-31(30(29)38)40-33(41-32(25)43-16-20-5-6-21(43)14-39-20)45-17-34-8-3-9-42(34)15-19(36)13-34/h4,7,10-12,19-21,39,44H,2-3,5-6,8-9,13-17H2,1H3/t19-,20+,21+,34+/m1/s1. The third kappa shape index (κ3) is 4.70. The Bertz CT molecular complexity index is 1830. The number of aromatic nitrogens is 2. The predicted molar refractivity (Wildman–Crippen MR) is 169 cm³/mol. The van der Waals surface area contributed by atoms with Gasteiger partial charge in [-0.3, -0.25) is 4.90 Å². The largest absolute Gasteiger partial charge is 0.508 e. The maximum absolute atomic E-state index is 17.0. The number of halogens is 4. The van der Waals surface area contributed by atoms with Crippen molar-refractivity contribution in [3.8, 4) is 22.9 Å². The third-order valence-corrected chi connectivity index (χ3v) is 10.8. The molecule has 7 nitrogen and oxygen atoms in total. The molecule has 236 valence electrons. The Morgan fingerprint density at radius 3 is 2.78 bits per heavy atom. The average molecular weight is 638 g/mol. The summed E-state index contributed by atoms with van der Waals surface area (Å²) in [6.45, 7) is 4.76. The number of fused-ring (bicyclic) bond motifs is 6. The second-order valence-corrected chi connectivity index (χ2v) is 13.5. The predicted octanol–water partition coefficient (Wildman–Crippen LogP) is 6.55. The van der Waals surface area contributed by atoms with Gasteiger partial charge in [-0.1, -0.05) is 24.6 Å². The van der Waals surface area contributed by atoms with E-state index in [1.54, 1.807) is 12.1 Å². The van der Waals surface area contributed by atoms with E-state index in [0.29, 0.717) is 53.5 Å². The number of piperazine rings is 1. The molecule has 2 bridgehead atoms. The summed E-state index contributed by atoms with van der Waals surface area (Å²) >= 11 is 6.91. The number of hydrogen-bond acceptors (Lipinski definition) is 7. The number of aryl methyl sites for hydroxylation is 1. The highest BCUT2D eigenvalue weighted by Gasteiger charge is 2.49. The lowest BCUT2D eigenvalue weighted by molar-refractivity contribution is 0.107. The van der Waals surface area contributed by atoms with Crippen LogP contribution in [0.5, 0.6) is 11.8 Å². The summed E-state index contributed by atoms with van der Waals surface area (Å²) in [4.78, 5) is 13.8. The van der Waals surface area contributed by atoms with E-state index in [9.17, 15) is 9.50 Å². The molecule has 4 aromatic rings. The molecular weight excluding hydrogens is 603 g/mol. The highest BCUT2D eigenvalue weighted by molar-refractivity contribution is 6.35. The van der Waals surface area contributed by atoms with Gasteiger partial charge >= 0.3 is 6.01 Å². The number of benzene rings is 3. The molecule has 1 aromatic heterocycles. The van der Waals surface area contributed by atoms with Crippen LogP contribution in [0.3, 0.4) is 0 Å². The molecule has 5 fully saturated rings. The lowest BCUT2D eigenvalue weighted by Gasteiger charge is -2.46. The number of anilines is 1. The van der Waals surface area contributed by atoms with Gasteiger partial charge in [-0.2, -0.15) is 9.97 Å². The van der Waals surface area contributed by atoms with Crippen molar-refractivity contribution in [3.05, 3.63) is 52.6 Å². The monoisotopic (exact) mass is 637 g/mol. The van der Waals surface area contributed by atoms with Gasteiger partial charge in [-0.15, -0.1) is 0 Å². The minimum atomic E-state index is -0.907. The van der Waals surface area contributed by atoms with E-state index in [4.69, 9.17) is 21.3 Å². The SMILES string of the molecule is CCc1c(F)ccc2cc(O)cc(-c3c(Cl)cc4c(N5C[C@@H]6CC[C@H]5CN6)nc(OC[C@@]56CCCN5C[C@H](F)C6)nc4c3F)c12. The van der Waals surface area contributed by atoms with Gasteiger partial charge in [0.1, 0.15) is 35.7 Å². The van der Waals surface area contributed by atoms with E-state index < -0.39 is 23.3 Å². The Kier molecular flexibility index (Phi) is 7.03. The molecule has 0 aliphatic carbocycles. The fraction of sp³-hybridized carbons (Fsp3) is 0.471. The van der Waals surface area contributed by atoms with Crippen LogP contribution in [0.15, 0.2) is 30.3 Å². The summed E-state index contributed by atoms with van der Waals surface area (Å²) in [5, 5.41) is 15.8. The number of phenols is 1. The molecule has 0 unspecified atom stereocenters. The van der Waals surface area contributed by atoms with Gasteiger partial charge in [0.05, 0.1) is 10.6 Å². The first-order chi connectivity index (χ1) is 21.7. The topological polar surface area (TPSA) is 73.8 Å². The van der Waals surface area contributed by atoms with Crippen LogP contribution in [0, 0.1) is 11.6 Å². The molecule has 0 radical (unpaired) electrons. The van der Waals surface area contributed by atoms with Crippen LogP contribution >= 0.6 is 11.6 Å². The zero-order valence-corrected chi connectivity index (χ0v) is 25.8. The van der Waals surface area contributed by atoms with E-state index in [1.807, 2.05) is 6.92 Å². The summed E-state index contributed by atoms with van der Waals surface area (Å²) in [6, 6.07) is 8.04. The third-order valence-electron chi connectivity index (χ3n) is 10.5. The Balaban J connectivity index is 1.31. The maximum Gasteiger partial charge on any atom is 0.319 e. The molecule has 3 aromatic carbocycles. The van der Waals surface area contributed by atoms with Gasteiger partial charge in [0.2, 0.25) is 0 Å². The normalized spacial score (nSPS) is 26.3. The van der Waals surface area contributed by atoms with Crippen LogP contribution in [0.4, 0.5) is 19.0 Å². The summed E-state index contributed by atoms with van der Waals surface area (Å²) < 4.78 is 52.8. The molecule has 45 heavy (non-hydrogen) atoms. The van der Waals surface area contributed by atoms with E-state index in [2.05, 4.69) is 20.1 Å². The lowest BCUT2D eigenvalue weighted by Crippen LogP contribution is -2.61. The van der Waals surface area contributed by atoms with Gasteiger partial charge in [-0.25, -0.2) is 13.2 Å². The molecule has 5 aliphatic heterocycles. The van der Waals surface area contributed by atoms with Crippen LogP contribution in [0.2, 0.25) is 5.02 Å². The highest BCUT2D eigenvalue weighted by atomic mass is 35.5. The number of phenolic OH excluding ortho intramolecular Hbond substituents is 1. The molecule has 9 rings (SSSR count). The van der Waals surface area contributed by atoms with Gasteiger partial charge in [-0.05, 0) is 84.8 Å². The summed E-state index contributed by atoms with van der Waals surface area (Å²) in [6.07, 6.45) is 3.67. The molecule has 6 heterocycles.